The van der Waals surface area contributed by atoms with Crippen LogP contribution in [0.3, 0.4) is 0 Å². The third kappa shape index (κ3) is 10.1. The van der Waals surface area contributed by atoms with Crippen molar-refractivity contribution in [3.8, 4) is 22.3 Å². The van der Waals surface area contributed by atoms with Crippen LogP contribution in [0, 0.1) is 11.6 Å². The summed E-state index contributed by atoms with van der Waals surface area (Å²) in [4.78, 5) is 48.6. The van der Waals surface area contributed by atoms with E-state index in [2.05, 4.69) is 0 Å². The number of nitrogens with zero attached hydrogens (tertiary/aromatic N) is 2. The van der Waals surface area contributed by atoms with E-state index in [0.29, 0.717) is 22.5 Å². The maximum absolute atomic E-state index is 13.9. The normalized spacial score (nSPS) is 11.9. The van der Waals surface area contributed by atoms with Gasteiger partial charge in [0.05, 0.1) is 37.8 Å². The number of hydrogen-bond donors (Lipinski definition) is 0. The first-order valence-corrected chi connectivity index (χ1v) is 19.5. The summed E-state index contributed by atoms with van der Waals surface area (Å²) >= 11 is 0. The number of fused-ring (bicyclic) bond motifs is 2. The quantitative estimate of drug-likeness (QED) is 0.0368. The Morgan fingerprint density at radius 3 is 1.65 bits per heavy atom. The third-order valence-electron chi connectivity index (χ3n) is 9.46. The number of benzene rings is 4. The van der Waals surface area contributed by atoms with Crippen molar-refractivity contribution < 1.29 is 51.6 Å². The Morgan fingerprint density at radius 2 is 1.15 bits per heavy atom. The van der Waals surface area contributed by atoms with Gasteiger partial charge in [-0.1, -0.05) is 60.7 Å². The van der Waals surface area contributed by atoms with Crippen LogP contribution in [0.5, 0.6) is 0 Å². The maximum atomic E-state index is 13.9. The zero-order valence-corrected chi connectivity index (χ0v) is 34.6. The molecule has 314 valence electrons. The van der Waals surface area contributed by atoms with Crippen LogP contribution in [-0.2, 0) is 28.5 Å². The summed E-state index contributed by atoms with van der Waals surface area (Å²) in [5.74, 6) is -1.62. The Kier molecular flexibility index (Phi) is 15.0. The molecular formula is C47H48F2N2O9. The number of halogens is 2. The minimum Gasteiger partial charge on any atom is -0.466 e. The molecule has 0 aliphatic carbocycles. The Morgan fingerprint density at radius 1 is 0.667 bits per heavy atom. The van der Waals surface area contributed by atoms with Crippen molar-refractivity contribution >= 4 is 46.4 Å². The van der Waals surface area contributed by atoms with Gasteiger partial charge in [0.15, 0.2) is 12.4 Å². The van der Waals surface area contributed by atoms with Gasteiger partial charge in [0, 0.05) is 51.4 Å². The van der Waals surface area contributed by atoms with Crippen molar-refractivity contribution in [2.24, 2.45) is 0 Å². The average Bonchev–Trinajstić information content (AvgIpc) is 3.75. The second-order valence-corrected chi connectivity index (χ2v) is 14.0. The number of ether oxygens (including phenoxy) is 5. The van der Waals surface area contributed by atoms with Gasteiger partial charge in [0.1, 0.15) is 17.4 Å². The fraction of sp³-hybridized carbons (Fsp3) is 0.277. The Labute approximate surface area is 347 Å². The molecule has 0 saturated carbocycles. The number of carbonyl (C=O) groups excluding carboxylic acids is 4. The minimum absolute atomic E-state index is 0.0450. The molecule has 60 heavy (non-hydrogen) atoms. The lowest BCUT2D eigenvalue weighted by Gasteiger charge is -2.24. The smallest absolute Gasteiger partial charge is 0.466 e. The number of carbonyl (C=O) groups is 4. The molecule has 0 N–H and O–H groups in total. The van der Waals surface area contributed by atoms with E-state index in [1.165, 1.54) is 31.4 Å². The monoisotopic (exact) mass is 822 g/mol. The molecule has 4 aromatic carbocycles. The molecule has 0 saturated heterocycles. The van der Waals surface area contributed by atoms with Gasteiger partial charge in [-0.05, 0) is 89.1 Å². The standard InChI is InChI=1S/C29H32FNO8.C18H16FNO/c1-6-36-28(33)38-21(17-25(32)35-5)16-24(39-29(34)37-7-2)27-26(19-12-14-20(30)15-13-19)22-10-8-9-11-23(22)31(27)18(3)4;1-12(2)20-16-6-4-3-5-15(16)18(17(20)11-21)13-7-9-14(19)10-8-13/h8-15,17-18,24H,6-7,16H2,1-5H3;3-12H,1-2H3/b21-17-;. The zero-order valence-electron chi connectivity index (χ0n) is 34.6. The molecule has 2 aromatic heterocycles. The maximum Gasteiger partial charge on any atom is 0.513 e. The van der Waals surface area contributed by atoms with Crippen molar-refractivity contribution in [1.29, 1.82) is 0 Å². The van der Waals surface area contributed by atoms with Crippen LogP contribution >= 0.6 is 0 Å². The van der Waals surface area contributed by atoms with E-state index < -0.39 is 30.2 Å². The summed E-state index contributed by atoms with van der Waals surface area (Å²) in [6, 6.07) is 27.8. The first-order chi connectivity index (χ1) is 28.8. The van der Waals surface area contributed by atoms with E-state index >= 15 is 0 Å². The number of methoxy groups -OCH3 is 1. The van der Waals surface area contributed by atoms with Gasteiger partial charge in [-0.25, -0.2) is 23.2 Å². The topological polar surface area (TPSA) is 124 Å². The second kappa shape index (κ2) is 20.3. The highest BCUT2D eigenvalue weighted by molar-refractivity contribution is 6.05. The second-order valence-electron chi connectivity index (χ2n) is 14.0. The van der Waals surface area contributed by atoms with Gasteiger partial charge < -0.3 is 32.8 Å². The molecule has 2 heterocycles. The predicted octanol–water partition coefficient (Wildman–Crippen LogP) is 11.7. The molecule has 0 bridgehead atoms. The molecule has 0 spiro atoms. The molecule has 1 atom stereocenters. The summed E-state index contributed by atoms with van der Waals surface area (Å²) in [5, 5.41) is 1.84. The fourth-order valence-corrected chi connectivity index (χ4v) is 7.17. The Hall–Kier alpha value is -6.76. The number of aromatic nitrogens is 2. The lowest BCUT2D eigenvalue weighted by atomic mass is 9.97. The number of esters is 1. The molecule has 6 rings (SSSR count). The molecule has 0 amide bonds. The van der Waals surface area contributed by atoms with E-state index in [0.717, 1.165) is 45.3 Å². The van der Waals surface area contributed by atoms with Gasteiger partial charge in [0.2, 0.25) is 0 Å². The van der Waals surface area contributed by atoms with Crippen molar-refractivity contribution in [1.82, 2.24) is 9.13 Å². The Balaban J connectivity index is 0.000000271. The summed E-state index contributed by atoms with van der Waals surface area (Å²) in [6.45, 7) is 11.4. The number of para-hydroxylation sites is 2. The molecule has 6 aromatic rings. The highest BCUT2D eigenvalue weighted by Gasteiger charge is 2.32. The molecule has 13 heteroatoms. The van der Waals surface area contributed by atoms with E-state index in [-0.39, 0.29) is 43.3 Å². The third-order valence-corrected chi connectivity index (χ3v) is 9.46. The highest BCUT2D eigenvalue weighted by Crippen LogP contribution is 2.43. The van der Waals surface area contributed by atoms with Crippen molar-refractivity contribution in [2.45, 2.75) is 66.2 Å². The first kappa shape index (κ1) is 44.3. The lowest BCUT2D eigenvalue weighted by Crippen LogP contribution is -2.20. The van der Waals surface area contributed by atoms with Gasteiger partial charge >= 0.3 is 18.3 Å². The van der Waals surface area contributed by atoms with Crippen LogP contribution in [0.1, 0.15) is 82.3 Å². The van der Waals surface area contributed by atoms with E-state index in [1.54, 1.807) is 38.1 Å². The van der Waals surface area contributed by atoms with Crippen LogP contribution in [0.25, 0.3) is 44.1 Å². The molecule has 0 radical (unpaired) electrons. The SMILES string of the molecule is CC(C)n1c(C=O)c(-c2ccc(F)cc2)c2ccccc21.CCOC(=O)O/C(=C\C(=O)OC)CC(OC(=O)OCC)c1c(-c2ccc(F)cc2)c2ccccc2n1C(C)C. The van der Waals surface area contributed by atoms with Crippen LogP contribution in [-0.4, -0.2) is 54.0 Å². The average molecular weight is 823 g/mol. The highest BCUT2D eigenvalue weighted by atomic mass is 19.1. The van der Waals surface area contributed by atoms with Gasteiger partial charge in [0.25, 0.3) is 0 Å². The predicted molar refractivity (Wildman–Crippen MR) is 224 cm³/mol. The van der Waals surface area contributed by atoms with Crippen molar-refractivity contribution in [3.05, 3.63) is 132 Å². The lowest BCUT2D eigenvalue weighted by molar-refractivity contribution is -0.135. The van der Waals surface area contributed by atoms with Crippen LogP contribution in [0.4, 0.5) is 18.4 Å². The van der Waals surface area contributed by atoms with E-state index in [4.69, 9.17) is 23.7 Å². The Bertz CT molecular complexity index is 2480. The van der Waals surface area contributed by atoms with E-state index in [1.807, 2.05) is 85.4 Å². The van der Waals surface area contributed by atoms with Gasteiger partial charge in [-0.15, -0.1) is 0 Å². The van der Waals surface area contributed by atoms with Crippen LogP contribution in [0.2, 0.25) is 0 Å². The summed E-state index contributed by atoms with van der Waals surface area (Å²) in [6.07, 6.45) is -1.47. The molecule has 0 aliphatic rings. The summed E-state index contributed by atoms with van der Waals surface area (Å²) in [7, 11) is 1.18. The fourth-order valence-electron chi connectivity index (χ4n) is 7.17. The van der Waals surface area contributed by atoms with Crippen molar-refractivity contribution in [2.75, 3.05) is 20.3 Å². The van der Waals surface area contributed by atoms with Crippen LogP contribution < -0.4 is 0 Å². The van der Waals surface area contributed by atoms with Crippen molar-refractivity contribution in [3.63, 3.8) is 0 Å². The molecule has 0 fully saturated rings. The number of rotatable bonds is 13. The first-order valence-electron chi connectivity index (χ1n) is 19.5. The zero-order chi connectivity index (χ0) is 43.5. The largest absolute Gasteiger partial charge is 0.513 e. The van der Waals surface area contributed by atoms with Crippen LogP contribution in [0.15, 0.2) is 109 Å². The number of hydrogen-bond acceptors (Lipinski definition) is 9. The summed E-state index contributed by atoms with van der Waals surface area (Å²) in [5.41, 5.74) is 6.11. The molecule has 11 nitrogen and oxygen atoms in total. The molecule has 1 unspecified atom stereocenters. The van der Waals surface area contributed by atoms with E-state index in [9.17, 15) is 28.0 Å². The molecular weight excluding hydrogens is 775 g/mol. The number of aldehydes is 1. The van der Waals surface area contributed by atoms with Gasteiger partial charge in [-0.3, -0.25) is 4.79 Å². The molecule has 0 aliphatic heterocycles. The summed E-state index contributed by atoms with van der Waals surface area (Å²) < 4.78 is 56.8. The van der Waals surface area contributed by atoms with Gasteiger partial charge in [-0.2, -0.15) is 0 Å². The minimum atomic E-state index is -1.11.